The van der Waals surface area contributed by atoms with E-state index in [1.54, 1.807) is 11.3 Å². The van der Waals surface area contributed by atoms with Gasteiger partial charge in [0.1, 0.15) is 0 Å². The third-order valence-electron chi connectivity index (χ3n) is 2.87. The lowest BCUT2D eigenvalue weighted by atomic mass is 10.1. The van der Waals surface area contributed by atoms with Gasteiger partial charge < -0.3 is 9.64 Å². The average molecular weight is 274 g/mol. The Balaban J connectivity index is 2.11. The lowest BCUT2D eigenvalue weighted by Gasteiger charge is -2.36. The molecule has 0 aliphatic carbocycles. The molecule has 1 fully saturated rings. The van der Waals surface area contributed by atoms with Gasteiger partial charge in [0, 0.05) is 18.5 Å². The van der Waals surface area contributed by atoms with E-state index in [-0.39, 0.29) is 18.1 Å². The van der Waals surface area contributed by atoms with E-state index in [2.05, 4.69) is 0 Å². The van der Waals surface area contributed by atoms with Crippen molar-refractivity contribution in [3.05, 3.63) is 21.9 Å². The fourth-order valence-electron chi connectivity index (χ4n) is 2.05. The fraction of sp³-hybridized carbons (Fsp3) is 0.583. The minimum atomic E-state index is -0.0525. The summed E-state index contributed by atoms with van der Waals surface area (Å²) in [6, 6.07) is 0. The number of amides is 1. The molecule has 1 aromatic rings. The van der Waals surface area contributed by atoms with Gasteiger partial charge in [-0.05, 0) is 24.8 Å². The largest absolute Gasteiger partial charge is 0.370 e. The Morgan fingerprint density at radius 3 is 2.94 bits per heavy atom. The van der Waals surface area contributed by atoms with E-state index in [1.807, 2.05) is 29.5 Å². The van der Waals surface area contributed by atoms with Gasteiger partial charge in [-0.1, -0.05) is 0 Å². The Morgan fingerprint density at radius 1 is 1.59 bits per heavy atom. The molecule has 17 heavy (non-hydrogen) atoms. The summed E-state index contributed by atoms with van der Waals surface area (Å²) in [5.41, 5.74) is 1.85. The SMILES string of the molecule is Cc1cscc1C(=O)N1CC(C)OC(CCl)C1. The van der Waals surface area contributed by atoms with Gasteiger partial charge in [-0.2, -0.15) is 11.3 Å². The van der Waals surface area contributed by atoms with Gasteiger partial charge in [-0.3, -0.25) is 4.79 Å². The Bertz CT molecular complexity index is 407. The summed E-state index contributed by atoms with van der Waals surface area (Å²) in [7, 11) is 0. The summed E-state index contributed by atoms with van der Waals surface area (Å²) >= 11 is 7.37. The molecule has 2 heterocycles. The number of thiophene rings is 1. The highest BCUT2D eigenvalue weighted by atomic mass is 35.5. The maximum Gasteiger partial charge on any atom is 0.255 e. The number of aryl methyl sites for hydroxylation is 1. The van der Waals surface area contributed by atoms with Crippen molar-refractivity contribution in [2.75, 3.05) is 19.0 Å². The van der Waals surface area contributed by atoms with Crippen LogP contribution in [0.3, 0.4) is 0 Å². The molecular weight excluding hydrogens is 258 g/mol. The molecule has 1 aliphatic heterocycles. The number of rotatable bonds is 2. The number of carbonyl (C=O) groups is 1. The molecule has 94 valence electrons. The van der Waals surface area contributed by atoms with Crippen LogP contribution >= 0.6 is 22.9 Å². The maximum absolute atomic E-state index is 12.3. The summed E-state index contributed by atoms with van der Waals surface area (Å²) < 4.78 is 5.64. The first-order chi connectivity index (χ1) is 8.11. The van der Waals surface area contributed by atoms with Crippen molar-refractivity contribution in [1.29, 1.82) is 0 Å². The van der Waals surface area contributed by atoms with Crippen LogP contribution in [0.1, 0.15) is 22.8 Å². The van der Waals surface area contributed by atoms with Crippen molar-refractivity contribution in [2.45, 2.75) is 26.1 Å². The molecule has 3 nitrogen and oxygen atoms in total. The number of hydrogen-bond acceptors (Lipinski definition) is 3. The molecular formula is C12H16ClNO2S. The summed E-state index contributed by atoms with van der Waals surface area (Å²) in [5, 5.41) is 3.91. The van der Waals surface area contributed by atoms with E-state index in [0.29, 0.717) is 19.0 Å². The Kier molecular flexibility index (Phi) is 4.07. The molecule has 1 saturated heterocycles. The molecule has 0 saturated carbocycles. The van der Waals surface area contributed by atoms with Gasteiger partial charge in [-0.25, -0.2) is 0 Å². The van der Waals surface area contributed by atoms with Crippen LogP contribution in [0.25, 0.3) is 0 Å². The molecule has 0 spiro atoms. The Morgan fingerprint density at radius 2 is 2.35 bits per heavy atom. The lowest BCUT2D eigenvalue weighted by molar-refractivity contribution is -0.0570. The van der Waals surface area contributed by atoms with Crippen molar-refractivity contribution in [2.24, 2.45) is 0 Å². The minimum Gasteiger partial charge on any atom is -0.370 e. The predicted octanol–water partition coefficient (Wildman–Crippen LogP) is 2.52. The zero-order valence-electron chi connectivity index (χ0n) is 9.98. The molecule has 1 aliphatic rings. The molecule has 2 atom stereocenters. The van der Waals surface area contributed by atoms with Gasteiger partial charge in [0.2, 0.25) is 0 Å². The molecule has 0 radical (unpaired) electrons. The Hall–Kier alpha value is -0.580. The van der Waals surface area contributed by atoms with Crippen LogP contribution in [0.2, 0.25) is 0 Å². The van der Waals surface area contributed by atoms with Gasteiger partial charge >= 0.3 is 0 Å². The topological polar surface area (TPSA) is 29.5 Å². The van der Waals surface area contributed by atoms with Gasteiger partial charge in [0.15, 0.2) is 0 Å². The molecule has 5 heteroatoms. The number of nitrogens with zero attached hydrogens (tertiary/aromatic N) is 1. The second-order valence-corrected chi connectivity index (χ2v) is 5.45. The van der Waals surface area contributed by atoms with E-state index >= 15 is 0 Å². The highest BCUT2D eigenvalue weighted by Crippen LogP contribution is 2.19. The number of carbonyl (C=O) groups excluding carboxylic acids is 1. The zero-order valence-corrected chi connectivity index (χ0v) is 11.6. The van der Waals surface area contributed by atoms with Crippen LogP contribution < -0.4 is 0 Å². The van der Waals surface area contributed by atoms with Gasteiger partial charge in [0.05, 0.1) is 23.7 Å². The van der Waals surface area contributed by atoms with Crippen molar-refractivity contribution in [3.63, 3.8) is 0 Å². The number of hydrogen-bond donors (Lipinski definition) is 0. The molecule has 2 rings (SSSR count). The lowest BCUT2D eigenvalue weighted by Crippen LogP contribution is -2.49. The quantitative estimate of drug-likeness (QED) is 0.775. The van der Waals surface area contributed by atoms with E-state index in [4.69, 9.17) is 16.3 Å². The van der Waals surface area contributed by atoms with Crippen LogP contribution in [0.15, 0.2) is 10.8 Å². The average Bonchev–Trinajstić information content (AvgIpc) is 2.73. The number of morpholine rings is 1. The van der Waals surface area contributed by atoms with E-state index in [0.717, 1.165) is 11.1 Å². The van der Waals surface area contributed by atoms with Gasteiger partial charge in [0.25, 0.3) is 5.91 Å². The van der Waals surface area contributed by atoms with Crippen LogP contribution in [-0.2, 0) is 4.74 Å². The van der Waals surface area contributed by atoms with Crippen molar-refractivity contribution in [3.8, 4) is 0 Å². The maximum atomic E-state index is 12.3. The normalized spacial score (nSPS) is 25.0. The van der Waals surface area contributed by atoms with E-state index in [9.17, 15) is 4.79 Å². The first kappa shape index (κ1) is 12.9. The summed E-state index contributed by atoms with van der Waals surface area (Å²) in [6.07, 6.45) is -0.00120. The molecule has 1 amide bonds. The van der Waals surface area contributed by atoms with Crippen LogP contribution in [0, 0.1) is 6.92 Å². The van der Waals surface area contributed by atoms with Crippen molar-refractivity contribution < 1.29 is 9.53 Å². The number of alkyl halides is 1. The highest BCUT2D eigenvalue weighted by Gasteiger charge is 2.29. The fourth-order valence-corrected chi connectivity index (χ4v) is 3.04. The van der Waals surface area contributed by atoms with Crippen molar-refractivity contribution >= 4 is 28.8 Å². The number of halogens is 1. The van der Waals surface area contributed by atoms with Crippen LogP contribution in [0.5, 0.6) is 0 Å². The first-order valence-corrected chi connectivity index (χ1v) is 7.13. The zero-order chi connectivity index (χ0) is 12.4. The Labute approximate surface area is 110 Å². The molecule has 0 N–H and O–H groups in total. The minimum absolute atomic E-state index is 0.0513. The summed E-state index contributed by atoms with van der Waals surface area (Å²) in [5.74, 6) is 0.519. The van der Waals surface area contributed by atoms with Crippen LogP contribution in [0.4, 0.5) is 0 Å². The molecule has 0 aromatic carbocycles. The standard InChI is InChI=1S/C12H16ClNO2S/c1-8-6-17-7-11(8)12(15)14-4-9(2)16-10(3-13)5-14/h6-7,9-10H,3-5H2,1-2H3. The van der Waals surface area contributed by atoms with Crippen LogP contribution in [-0.4, -0.2) is 42.0 Å². The number of ether oxygens (including phenoxy) is 1. The highest BCUT2D eigenvalue weighted by molar-refractivity contribution is 7.08. The monoisotopic (exact) mass is 273 g/mol. The van der Waals surface area contributed by atoms with Gasteiger partial charge in [-0.15, -0.1) is 11.6 Å². The molecule has 0 bridgehead atoms. The van der Waals surface area contributed by atoms with E-state index < -0.39 is 0 Å². The first-order valence-electron chi connectivity index (χ1n) is 5.65. The summed E-state index contributed by atoms with van der Waals surface area (Å²) in [4.78, 5) is 14.2. The molecule has 2 unspecified atom stereocenters. The van der Waals surface area contributed by atoms with Crippen molar-refractivity contribution in [1.82, 2.24) is 4.90 Å². The smallest absolute Gasteiger partial charge is 0.255 e. The predicted molar refractivity (Wildman–Crippen MR) is 70.0 cm³/mol. The second-order valence-electron chi connectivity index (χ2n) is 4.40. The third-order valence-corrected chi connectivity index (χ3v) is 4.08. The third kappa shape index (κ3) is 2.81. The van der Waals surface area contributed by atoms with E-state index in [1.165, 1.54) is 0 Å². The second kappa shape index (κ2) is 5.38. The summed E-state index contributed by atoms with van der Waals surface area (Å²) in [6.45, 7) is 5.16. The molecule has 1 aromatic heterocycles.